The van der Waals surface area contributed by atoms with Crippen LogP contribution in [-0.4, -0.2) is 0 Å². The first kappa shape index (κ1) is 7.39. The normalized spacial score (nSPS) is 48.2. The molecule has 0 spiro atoms. The monoisotopic (exact) mass is 150 g/mol. The van der Waals surface area contributed by atoms with Gasteiger partial charge in [-0.05, 0) is 42.9 Å². The summed E-state index contributed by atoms with van der Waals surface area (Å²) in [5, 5.41) is 0. The molecule has 0 amide bonds. The predicted octanol–water partition coefficient (Wildman–Crippen LogP) is 3.53. The lowest BCUT2D eigenvalue weighted by atomic mass is 9.61. The molecule has 0 N–H and O–H groups in total. The van der Waals surface area contributed by atoms with Gasteiger partial charge in [-0.2, -0.15) is 0 Å². The predicted molar refractivity (Wildman–Crippen MR) is 48.4 cm³/mol. The molecule has 0 unspecified atom stereocenters. The average Bonchev–Trinajstić information content (AvgIpc) is 2.38. The molecule has 62 valence electrons. The molecule has 0 nitrogen and oxygen atoms in total. The zero-order chi connectivity index (χ0) is 7.95. The number of rotatable bonds is 2. The zero-order valence-electron chi connectivity index (χ0n) is 7.69. The average molecular weight is 150 g/mol. The second-order valence-corrected chi connectivity index (χ2v) is 4.84. The number of hydrogen-bond acceptors (Lipinski definition) is 0. The maximum Gasteiger partial charge on any atom is -0.0108 e. The fourth-order valence-electron chi connectivity index (χ4n) is 3.12. The van der Waals surface area contributed by atoms with E-state index in [1.165, 1.54) is 32.1 Å². The lowest BCUT2D eigenvalue weighted by Gasteiger charge is -2.43. The van der Waals surface area contributed by atoms with Gasteiger partial charge in [-0.25, -0.2) is 0 Å². The third-order valence-corrected chi connectivity index (χ3v) is 3.49. The quantitative estimate of drug-likeness (QED) is 0.528. The van der Waals surface area contributed by atoms with E-state index in [1.54, 1.807) is 0 Å². The van der Waals surface area contributed by atoms with Crippen molar-refractivity contribution >= 4 is 0 Å². The highest BCUT2D eigenvalue weighted by Gasteiger charge is 2.55. The van der Waals surface area contributed by atoms with E-state index in [2.05, 4.69) is 26.0 Å². The summed E-state index contributed by atoms with van der Waals surface area (Å²) >= 11 is 0. The van der Waals surface area contributed by atoms with Crippen LogP contribution >= 0.6 is 0 Å². The molecule has 0 aliphatic heterocycles. The van der Waals surface area contributed by atoms with E-state index in [4.69, 9.17) is 0 Å². The van der Waals surface area contributed by atoms with E-state index in [0.717, 1.165) is 5.41 Å². The largest absolute Gasteiger partial charge is 0.0883 e. The lowest BCUT2D eigenvalue weighted by Crippen LogP contribution is -2.33. The van der Waals surface area contributed by atoms with Crippen molar-refractivity contribution in [3.05, 3.63) is 12.2 Å². The van der Waals surface area contributed by atoms with Gasteiger partial charge in [0.1, 0.15) is 0 Å². The first-order chi connectivity index (χ1) is 5.18. The maximum atomic E-state index is 2.49. The molecule has 2 bridgehead atoms. The SMILES string of the molecule is CC/C=C/C12CCC(C)(C1)C2. The van der Waals surface area contributed by atoms with Crippen molar-refractivity contribution in [2.24, 2.45) is 10.8 Å². The van der Waals surface area contributed by atoms with E-state index in [-0.39, 0.29) is 0 Å². The van der Waals surface area contributed by atoms with Crippen LogP contribution in [-0.2, 0) is 0 Å². The number of hydrogen-bond donors (Lipinski definition) is 0. The Kier molecular flexibility index (Phi) is 1.42. The summed E-state index contributed by atoms with van der Waals surface area (Å²) in [6.07, 6.45) is 11.9. The minimum atomic E-state index is 0.671. The van der Waals surface area contributed by atoms with Crippen LogP contribution in [0.4, 0.5) is 0 Å². The molecule has 3 fully saturated rings. The lowest BCUT2D eigenvalue weighted by molar-refractivity contribution is 0.107. The van der Waals surface area contributed by atoms with Gasteiger partial charge in [0.15, 0.2) is 0 Å². The Bertz CT molecular complexity index is 182. The topological polar surface area (TPSA) is 0 Å². The van der Waals surface area contributed by atoms with Crippen molar-refractivity contribution < 1.29 is 0 Å². The summed E-state index contributed by atoms with van der Waals surface area (Å²) in [6, 6.07) is 0. The van der Waals surface area contributed by atoms with E-state index in [0.29, 0.717) is 5.41 Å². The van der Waals surface area contributed by atoms with Gasteiger partial charge >= 0.3 is 0 Å². The Morgan fingerprint density at radius 3 is 2.45 bits per heavy atom. The van der Waals surface area contributed by atoms with E-state index >= 15 is 0 Å². The highest BCUT2D eigenvalue weighted by atomic mass is 14.6. The summed E-state index contributed by atoms with van der Waals surface area (Å²) in [5.41, 5.74) is 1.42. The molecule has 0 heterocycles. The summed E-state index contributed by atoms with van der Waals surface area (Å²) in [7, 11) is 0. The fourth-order valence-corrected chi connectivity index (χ4v) is 3.12. The maximum absolute atomic E-state index is 2.49. The van der Waals surface area contributed by atoms with Crippen molar-refractivity contribution in [1.29, 1.82) is 0 Å². The van der Waals surface area contributed by atoms with Crippen LogP contribution in [0.3, 0.4) is 0 Å². The second kappa shape index (κ2) is 2.12. The van der Waals surface area contributed by atoms with Crippen LogP contribution in [0.1, 0.15) is 46.0 Å². The van der Waals surface area contributed by atoms with Crippen molar-refractivity contribution in [2.75, 3.05) is 0 Å². The second-order valence-electron chi connectivity index (χ2n) is 4.84. The Morgan fingerprint density at radius 2 is 2.00 bits per heavy atom. The van der Waals surface area contributed by atoms with Crippen LogP contribution in [0.2, 0.25) is 0 Å². The Labute approximate surface area is 69.7 Å². The molecule has 3 aliphatic carbocycles. The molecule has 0 aromatic rings. The highest BCUT2D eigenvalue weighted by molar-refractivity contribution is 5.17. The molecular formula is C11H18. The van der Waals surface area contributed by atoms with Gasteiger partial charge in [0, 0.05) is 0 Å². The van der Waals surface area contributed by atoms with Crippen LogP contribution in [0.5, 0.6) is 0 Å². The van der Waals surface area contributed by atoms with Crippen LogP contribution in [0.15, 0.2) is 12.2 Å². The molecule has 11 heavy (non-hydrogen) atoms. The van der Waals surface area contributed by atoms with Crippen molar-refractivity contribution in [3.8, 4) is 0 Å². The summed E-state index contributed by atoms with van der Waals surface area (Å²) in [6.45, 7) is 4.66. The molecule has 0 saturated heterocycles. The van der Waals surface area contributed by atoms with Crippen LogP contribution in [0.25, 0.3) is 0 Å². The number of allylic oxidation sites excluding steroid dienone is 2. The molecule has 0 radical (unpaired) electrons. The van der Waals surface area contributed by atoms with Crippen LogP contribution < -0.4 is 0 Å². The summed E-state index contributed by atoms with van der Waals surface area (Å²) in [5.74, 6) is 0. The van der Waals surface area contributed by atoms with Crippen molar-refractivity contribution in [1.82, 2.24) is 0 Å². The molecule has 3 saturated carbocycles. The minimum Gasteiger partial charge on any atom is -0.0883 e. The van der Waals surface area contributed by atoms with Gasteiger partial charge in [-0.1, -0.05) is 26.0 Å². The molecule has 3 aliphatic rings. The molecule has 3 rings (SSSR count). The van der Waals surface area contributed by atoms with Crippen LogP contribution in [0, 0.1) is 10.8 Å². The highest BCUT2D eigenvalue weighted by Crippen LogP contribution is 2.67. The summed E-state index contributed by atoms with van der Waals surface area (Å²) in [4.78, 5) is 0. The van der Waals surface area contributed by atoms with Gasteiger partial charge in [0.25, 0.3) is 0 Å². The number of fused-ring (bicyclic) bond motifs is 1. The molecular weight excluding hydrogens is 132 g/mol. The third kappa shape index (κ3) is 1.04. The Morgan fingerprint density at radius 1 is 1.27 bits per heavy atom. The van der Waals surface area contributed by atoms with E-state index in [1.807, 2.05) is 0 Å². The van der Waals surface area contributed by atoms with Gasteiger partial charge in [0.2, 0.25) is 0 Å². The molecule has 0 heteroatoms. The van der Waals surface area contributed by atoms with Crippen molar-refractivity contribution in [3.63, 3.8) is 0 Å². The molecule has 0 atom stereocenters. The molecule has 0 aromatic carbocycles. The Balaban J connectivity index is 2.02. The van der Waals surface area contributed by atoms with Gasteiger partial charge in [-0.15, -0.1) is 0 Å². The third-order valence-electron chi connectivity index (χ3n) is 3.49. The zero-order valence-corrected chi connectivity index (χ0v) is 7.69. The summed E-state index contributed by atoms with van der Waals surface area (Å²) < 4.78 is 0. The fraction of sp³-hybridized carbons (Fsp3) is 0.818. The smallest absolute Gasteiger partial charge is 0.0108 e. The first-order valence-corrected chi connectivity index (χ1v) is 4.86. The van der Waals surface area contributed by atoms with Gasteiger partial charge < -0.3 is 0 Å². The van der Waals surface area contributed by atoms with Crippen molar-refractivity contribution in [2.45, 2.75) is 46.0 Å². The van der Waals surface area contributed by atoms with Gasteiger partial charge in [0.05, 0.1) is 0 Å². The van der Waals surface area contributed by atoms with E-state index in [9.17, 15) is 0 Å². The standard InChI is InChI=1S/C11H18/c1-3-4-5-11-7-6-10(2,8-11)9-11/h4-5H,3,6-9H2,1-2H3/b5-4+. The Hall–Kier alpha value is -0.260. The van der Waals surface area contributed by atoms with Gasteiger partial charge in [-0.3, -0.25) is 0 Å². The first-order valence-electron chi connectivity index (χ1n) is 4.86. The van der Waals surface area contributed by atoms with E-state index < -0.39 is 0 Å². The molecule has 0 aromatic heterocycles. The minimum absolute atomic E-state index is 0.671.